The second kappa shape index (κ2) is 9.37. The number of ketones is 1. The van der Waals surface area contributed by atoms with Gasteiger partial charge in [0, 0.05) is 37.0 Å². The lowest BCUT2D eigenvalue weighted by Gasteiger charge is -2.51. The highest BCUT2D eigenvalue weighted by atomic mass is 16.1. The molecule has 0 radical (unpaired) electrons. The van der Waals surface area contributed by atoms with Crippen LogP contribution < -0.4 is 15.2 Å². The first-order valence-corrected chi connectivity index (χ1v) is 14.0. The first-order valence-electron chi connectivity index (χ1n) is 14.0. The van der Waals surface area contributed by atoms with Crippen molar-refractivity contribution in [1.82, 2.24) is 5.32 Å². The molecule has 0 amide bonds. The first kappa shape index (κ1) is 26.7. The van der Waals surface area contributed by atoms with Gasteiger partial charge in [-0.3, -0.25) is 10.1 Å². The number of nitrogens with one attached hydrogen (secondary N) is 1. The van der Waals surface area contributed by atoms with Gasteiger partial charge in [-0.25, -0.2) is 5.01 Å². The van der Waals surface area contributed by atoms with Gasteiger partial charge in [0.1, 0.15) is 6.17 Å². The molecule has 0 spiro atoms. The molecule has 0 saturated heterocycles. The lowest BCUT2D eigenvalue weighted by atomic mass is 9.56. The highest BCUT2D eigenvalue weighted by molar-refractivity contribution is 6.03. The molecule has 2 heterocycles. The van der Waals surface area contributed by atoms with Crippen molar-refractivity contribution >= 4 is 22.9 Å². The Bertz CT molecular complexity index is 1260. The van der Waals surface area contributed by atoms with Crippen LogP contribution >= 0.6 is 0 Å². The zero-order valence-corrected chi connectivity index (χ0v) is 24.5. The van der Waals surface area contributed by atoms with Gasteiger partial charge >= 0.3 is 0 Å². The number of nitrogens with zero attached hydrogens (tertiary/aromatic N) is 3. The minimum Gasteiger partial charge on any atom is -0.378 e. The topological polar surface area (TPSA) is 47.9 Å². The van der Waals surface area contributed by atoms with Crippen molar-refractivity contribution in [3.63, 3.8) is 0 Å². The number of anilines is 2. The predicted octanol–water partition coefficient (Wildman–Crippen LogP) is 6.83. The Labute approximate surface area is 229 Å². The molecular weight excluding hydrogens is 468 g/mol. The summed E-state index contributed by atoms with van der Waals surface area (Å²) >= 11 is 0. The van der Waals surface area contributed by atoms with Crippen LogP contribution in [0, 0.1) is 28.6 Å². The molecule has 0 saturated carbocycles. The van der Waals surface area contributed by atoms with Crippen LogP contribution in [0.1, 0.15) is 66.5 Å². The van der Waals surface area contributed by atoms with Gasteiger partial charge in [-0.2, -0.15) is 5.10 Å². The maximum Gasteiger partial charge on any atom is 0.164 e. The lowest BCUT2D eigenvalue weighted by molar-refractivity contribution is -0.125. The molecule has 0 fully saturated rings. The average molecular weight is 513 g/mol. The van der Waals surface area contributed by atoms with E-state index in [0.717, 1.165) is 34.6 Å². The fraction of sp³-hybridized carbons (Fsp3) is 0.515. The van der Waals surface area contributed by atoms with Gasteiger partial charge in [0.2, 0.25) is 0 Å². The van der Waals surface area contributed by atoms with Gasteiger partial charge in [0.25, 0.3) is 0 Å². The van der Waals surface area contributed by atoms with Crippen LogP contribution in [0.4, 0.5) is 11.4 Å². The fourth-order valence-corrected chi connectivity index (χ4v) is 6.75. The van der Waals surface area contributed by atoms with E-state index < -0.39 is 0 Å². The normalized spacial score (nSPS) is 27.7. The molecule has 0 aromatic heterocycles. The Hall–Kier alpha value is -2.92. The quantitative estimate of drug-likeness (QED) is 0.490. The Morgan fingerprint density at radius 2 is 1.50 bits per heavy atom. The summed E-state index contributed by atoms with van der Waals surface area (Å²) in [4.78, 5) is 16.6. The zero-order valence-electron chi connectivity index (χ0n) is 24.5. The Morgan fingerprint density at radius 1 is 0.895 bits per heavy atom. The summed E-state index contributed by atoms with van der Waals surface area (Å²) in [5, 5.41) is 11.2. The van der Waals surface area contributed by atoms with Crippen molar-refractivity contribution in [2.45, 2.75) is 67.1 Å². The van der Waals surface area contributed by atoms with E-state index in [9.17, 15) is 4.79 Å². The third-order valence-electron chi connectivity index (χ3n) is 8.85. The summed E-state index contributed by atoms with van der Waals surface area (Å²) in [5.74, 6) is 0.651. The monoisotopic (exact) mass is 512 g/mol. The van der Waals surface area contributed by atoms with Crippen molar-refractivity contribution in [2.75, 3.05) is 24.0 Å². The van der Waals surface area contributed by atoms with Crippen LogP contribution in [-0.4, -0.2) is 31.8 Å². The summed E-state index contributed by atoms with van der Waals surface area (Å²) < 4.78 is 0. The first-order chi connectivity index (χ1) is 17.8. The van der Waals surface area contributed by atoms with E-state index in [1.54, 1.807) is 0 Å². The van der Waals surface area contributed by atoms with E-state index in [-0.39, 0.29) is 34.9 Å². The Kier molecular flexibility index (Phi) is 6.58. The van der Waals surface area contributed by atoms with Crippen LogP contribution in [0.3, 0.4) is 0 Å². The van der Waals surface area contributed by atoms with Gasteiger partial charge in [0.15, 0.2) is 5.78 Å². The van der Waals surface area contributed by atoms with Crippen LogP contribution in [0.15, 0.2) is 70.8 Å². The second-order valence-corrected chi connectivity index (χ2v) is 13.7. The molecule has 0 bridgehead atoms. The van der Waals surface area contributed by atoms with E-state index in [4.69, 9.17) is 5.10 Å². The third kappa shape index (κ3) is 4.49. The molecule has 2 aliphatic heterocycles. The number of Topliss-reactive ketones (excluding diaryl/α,β-unsaturated/α-hetero) is 1. The molecule has 5 heteroatoms. The number of fused-ring (bicyclic) bond motifs is 2. The van der Waals surface area contributed by atoms with Gasteiger partial charge in [-0.05, 0) is 65.5 Å². The number of rotatable bonds is 3. The molecule has 1 aliphatic carbocycles. The van der Waals surface area contributed by atoms with Crippen molar-refractivity contribution < 1.29 is 4.79 Å². The van der Waals surface area contributed by atoms with Gasteiger partial charge in [-0.1, -0.05) is 71.9 Å². The largest absolute Gasteiger partial charge is 0.378 e. The molecule has 2 aromatic carbocycles. The number of hydrogen-bond acceptors (Lipinski definition) is 5. The van der Waals surface area contributed by atoms with E-state index >= 15 is 0 Å². The summed E-state index contributed by atoms with van der Waals surface area (Å²) in [7, 11) is 4.12. The van der Waals surface area contributed by atoms with E-state index in [0.29, 0.717) is 11.7 Å². The summed E-state index contributed by atoms with van der Waals surface area (Å²) in [6, 6.07) is 18.9. The van der Waals surface area contributed by atoms with Crippen molar-refractivity contribution in [3.05, 3.63) is 71.3 Å². The van der Waals surface area contributed by atoms with Gasteiger partial charge in [0.05, 0.1) is 17.6 Å². The number of carbonyl (C=O) groups excluding carboxylic acids is 1. The number of hydrazone groups is 1. The maximum atomic E-state index is 14.5. The molecule has 0 unspecified atom stereocenters. The molecule has 2 aromatic rings. The number of benzene rings is 2. The van der Waals surface area contributed by atoms with Crippen molar-refractivity contribution in [3.8, 4) is 0 Å². The van der Waals surface area contributed by atoms with Gasteiger partial charge < -0.3 is 4.90 Å². The zero-order chi connectivity index (χ0) is 27.6. The molecule has 5 atom stereocenters. The molecule has 5 nitrogen and oxygen atoms in total. The molecule has 5 rings (SSSR count). The summed E-state index contributed by atoms with van der Waals surface area (Å²) in [5.41, 5.74) is 6.65. The highest BCUT2D eigenvalue weighted by Crippen LogP contribution is 2.55. The van der Waals surface area contributed by atoms with Crippen LogP contribution in [0.5, 0.6) is 0 Å². The van der Waals surface area contributed by atoms with Crippen molar-refractivity contribution in [2.24, 2.45) is 33.7 Å². The number of carbonyl (C=O) groups is 1. The number of para-hydroxylation sites is 1. The van der Waals surface area contributed by atoms with E-state index in [2.05, 4.69) is 126 Å². The Balaban J connectivity index is 1.73. The molecule has 1 N–H and O–H groups in total. The fourth-order valence-electron chi connectivity index (χ4n) is 6.75. The average Bonchev–Trinajstić information content (AvgIpc) is 3.19. The Morgan fingerprint density at radius 3 is 2.05 bits per heavy atom. The maximum absolute atomic E-state index is 14.5. The SMILES string of the molecule is CC1=NN(c2ccccc2)[C@H]2N[C@@H](c3ccc(N(C)C)cc3)C3=C([C@@H]12)[C@@H](C(C)(C)C)C[C@@H](C(C)(C)C)C3=O. The lowest BCUT2D eigenvalue weighted by Crippen LogP contribution is -2.56. The number of hydrogen-bond donors (Lipinski definition) is 1. The summed E-state index contributed by atoms with van der Waals surface area (Å²) in [6.45, 7) is 15.8. The third-order valence-corrected chi connectivity index (χ3v) is 8.85. The summed E-state index contributed by atoms with van der Waals surface area (Å²) in [6.07, 6.45) is 0.845. The van der Waals surface area contributed by atoms with Crippen LogP contribution in [-0.2, 0) is 4.79 Å². The smallest absolute Gasteiger partial charge is 0.164 e. The minimum atomic E-state index is -0.183. The molecular formula is C33H44N4O. The highest BCUT2D eigenvalue weighted by Gasteiger charge is 2.55. The second-order valence-electron chi connectivity index (χ2n) is 13.7. The molecule has 202 valence electrons. The van der Waals surface area contributed by atoms with Crippen LogP contribution in [0.25, 0.3) is 0 Å². The van der Waals surface area contributed by atoms with Crippen LogP contribution in [0.2, 0.25) is 0 Å². The van der Waals surface area contributed by atoms with E-state index in [1.165, 1.54) is 5.57 Å². The molecule has 38 heavy (non-hydrogen) atoms. The van der Waals surface area contributed by atoms with E-state index in [1.807, 2.05) is 6.07 Å². The van der Waals surface area contributed by atoms with Gasteiger partial charge in [-0.15, -0.1) is 0 Å². The predicted molar refractivity (Wildman–Crippen MR) is 158 cm³/mol. The standard InChI is InChI=1S/C33H44N4O/c1-20-26-27-24(32(2,3)4)19-25(33(5,6)7)30(38)28(27)29(21-15-17-22(18-16-21)36(8)9)34-31(26)37(35-20)23-13-11-10-12-14-23/h10-18,24-26,29,31,34H,19H2,1-9H3/t24-,25+,26+,29-,31+/m0/s1. The van der Waals surface area contributed by atoms with Crippen molar-refractivity contribution in [1.29, 1.82) is 0 Å². The molecule has 3 aliphatic rings. The minimum absolute atomic E-state index is 0.0174.